The van der Waals surface area contributed by atoms with Crippen LogP contribution in [0.1, 0.15) is 52.0 Å². The van der Waals surface area contributed by atoms with Crippen molar-refractivity contribution >= 4 is 23.4 Å². The summed E-state index contributed by atoms with van der Waals surface area (Å²) in [6.45, 7) is 0.643. The molecule has 0 fully saturated rings. The molecule has 3 aromatic carbocycles. The van der Waals surface area contributed by atoms with Crippen LogP contribution in [0.25, 0.3) is 0 Å². The van der Waals surface area contributed by atoms with E-state index in [-0.39, 0.29) is 12.5 Å². The Morgan fingerprint density at radius 1 is 0.765 bits per heavy atom. The molecule has 0 aromatic heterocycles. The van der Waals surface area contributed by atoms with Gasteiger partial charge in [-0.3, -0.25) is 19.2 Å². The maximum atomic E-state index is 12.4. The van der Waals surface area contributed by atoms with Crippen LogP contribution >= 0.6 is 0 Å². The van der Waals surface area contributed by atoms with Crippen LogP contribution < -0.4 is 10.1 Å². The summed E-state index contributed by atoms with van der Waals surface area (Å²) in [7, 11) is 0. The van der Waals surface area contributed by atoms with Crippen LogP contribution in [0.2, 0.25) is 0 Å². The lowest BCUT2D eigenvalue weighted by Gasteiger charge is -2.13. The number of hydrogen-bond donors (Lipinski definition) is 1. The lowest BCUT2D eigenvalue weighted by Crippen LogP contribution is -2.30. The minimum Gasteiger partial charge on any atom is -0.487 e. The van der Waals surface area contributed by atoms with E-state index in [9.17, 15) is 14.4 Å². The number of carbonyl (C=O) groups excluding carboxylic acids is 3. The van der Waals surface area contributed by atoms with E-state index in [0.29, 0.717) is 48.4 Å². The van der Waals surface area contributed by atoms with Gasteiger partial charge in [-0.2, -0.15) is 0 Å². The van der Waals surface area contributed by atoms with Gasteiger partial charge in [0.1, 0.15) is 12.4 Å². The van der Waals surface area contributed by atoms with Crippen molar-refractivity contribution in [2.75, 3.05) is 11.9 Å². The van der Waals surface area contributed by atoms with Crippen LogP contribution in [0.4, 0.5) is 5.69 Å². The molecule has 1 aliphatic rings. The molecule has 0 atom stereocenters. The van der Waals surface area contributed by atoms with Crippen LogP contribution in [0.3, 0.4) is 0 Å². The number of carbonyl (C=O) groups is 3. The highest BCUT2D eigenvalue weighted by molar-refractivity contribution is 6.20. The number of rotatable bonds is 11. The molecule has 3 amide bonds. The standard InChI is InChI=1S/C27H26N2O5/c30-25(28-23-15-8-9-16-24(23)33-19-20-11-3-1-4-12-20)17-5-2-10-18-34-29-26(31)21-13-6-7-14-22(21)27(29)32/h1,3-4,6-9,11-16H,2,5,10,17-19H2,(H,28,30). The molecule has 0 saturated carbocycles. The molecule has 1 heterocycles. The van der Waals surface area contributed by atoms with Gasteiger partial charge in [0, 0.05) is 6.42 Å². The van der Waals surface area contributed by atoms with Crippen molar-refractivity contribution in [2.24, 2.45) is 0 Å². The second-order valence-corrected chi connectivity index (χ2v) is 7.91. The number of nitrogens with zero attached hydrogens (tertiary/aromatic N) is 1. The van der Waals surface area contributed by atoms with Gasteiger partial charge in [0.05, 0.1) is 23.4 Å². The summed E-state index contributed by atoms with van der Waals surface area (Å²) in [6.07, 6.45) is 2.35. The Labute approximate surface area is 198 Å². The Kier molecular flexibility index (Phi) is 7.67. The monoisotopic (exact) mass is 458 g/mol. The number of imide groups is 1. The Bertz CT molecular complexity index is 1130. The van der Waals surface area contributed by atoms with E-state index in [1.807, 2.05) is 54.6 Å². The number of anilines is 1. The molecule has 4 rings (SSSR count). The number of nitrogens with one attached hydrogen (secondary N) is 1. The highest BCUT2D eigenvalue weighted by Gasteiger charge is 2.36. The zero-order valence-corrected chi connectivity index (χ0v) is 18.7. The van der Waals surface area contributed by atoms with Crippen molar-refractivity contribution in [3.8, 4) is 5.75 Å². The van der Waals surface area contributed by atoms with Crippen LogP contribution in [0, 0.1) is 0 Å². The van der Waals surface area contributed by atoms with E-state index in [0.717, 1.165) is 17.0 Å². The molecule has 0 unspecified atom stereocenters. The van der Waals surface area contributed by atoms with Gasteiger partial charge in [-0.05, 0) is 42.7 Å². The molecule has 7 heteroatoms. The lowest BCUT2D eigenvalue weighted by atomic mass is 10.1. The molecule has 34 heavy (non-hydrogen) atoms. The predicted octanol–water partition coefficient (Wildman–Crippen LogP) is 4.99. The van der Waals surface area contributed by atoms with Crippen molar-refractivity contribution in [1.29, 1.82) is 0 Å². The van der Waals surface area contributed by atoms with Crippen molar-refractivity contribution in [1.82, 2.24) is 5.06 Å². The van der Waals surface area contributed by atoms with E-state index in [2.05, 4.69) is 5.32 Å². The maximum absolute atomic E-state index is 12.4. The summed E-state index contributed by atoms with van der Waals surface area (Å²) in [5, 5.41) is 3.73. The number of para-hydroxylation sites is 2. The minimum atomic E-state index is -0.437. The Morgan fingerprint density at radius 2 is 1.41 bits per heavy atom. The summed E-state index contributed by atoms with van der Waals surface area (Å²) in [4.78, 5) is 42.3. The molecule has 1 aliphatic heterocycles. The maximum Gasteiger partial charge on any atom is 0.285 e. The number of unbranched alkanes of at least 4 members (excludes halogenated alkanes) is 2. The Hall–Kier alpha value is -3.97. The molecule has 0 bridgehead atoms. The lowest BCUT2D eigenvalue weighted by molar-refractivity contribution is -0.116. The molecule has 0 saturated heterocycles. The second kappa shape index (κ2) is 11.2. The molecule has 3 aromatic rings. The van der Waals surface area contributed by atoms with Gasteiger partial charge < -0.3 is 10.1 Å². The first-order valence-electron chi connectivity index (χ1n) is 11.3. The average molecular weight is 459 g/mol. The molecule has 1 N–H and O–H groups in total. The third-order valence-corrected chi connectivity index (χ3v) is 5.42. The summed E-state index contributed by atoms with van der Waals surface area (Å²) in [5.74, 6) is -0.354. The van der Waals surface area contributed by atoms with Crippen molar-refractivity contribution < 1.29 is 24.0 Å². The van der Waals surface area contributed by atoms with Crippen LogP contribution in [0.15, 0.2) is 78.9 Å². The first kappa shape index (κ1) is 23.2. The van der Waals surface area contributed by atoms with Gasteiger partial charge in [0.2, 0.25) is 5.91 Å². The van der Waals surface area contributed by atoms with E-state index < -0.39 is 11.8 Å². The summed E-state index contributed by atoms with van der Waals surface area (Å²) >= 11 is 0. The largest absolute Gasteiger partial charge is 0.487 e. The van der Waals surface area contributed by atoms with Crippen LogP contribution in [-0.2, 0) is 16.2 Å². The zero-order chi connectivity index (χ0) is 23.8. The van der Waals surface area contributed by atoms with Gasteiger partial charge in [-0.1, -0.05) is 61.0 Å². The molecule has 0 radical (unpaired) electrons. The first-order valence-corrected chi connectivity index (χ1v) is 11.3. The fourth-order valence-corrected chi connectivity index (χ4v) is 3.65. The van der Waals surface area contributed by atoms with Crippen LogP contribution in [-0.4, -0.2) is 29.4 Å². The van der Waals surface area contributed by atoms with E-state index in [1.165, 1.54) is 0 Å². The van der Waals surface area contributed by atoms with E-state index >= 15 is 0 Å². The zero-order valence-electron chi connectivity index (χ0n) is 18.7. The van der Waals surface area contributed by atoms with Gasteiger partial charge in [-0.25, -0.2) is 0 Å². The topological polar surface area (TPSA) is 84.9 Å². The third kappa shape index (κ3) is 5.68. The normalized spacial score (nSPS) is 12.5. The highest BCUT2D eigenvalue weighted by Crippen LogP contribution is 2.25. The Morgan fingerprint density at radius 3 is 2.15 bits per heavy atom. The number of fused-ring (bicyclic) bond motifs is 1. The van der Waals surface area contributed by atoms with Crippen LogP contribution in [0.5, 0.6) is 5.75 Å². The van der Waals surface area contributed by atoms with Gasteiger partial charge >= 0.3 is 0 Å². The smallest absolute Gasteiger partial charge is 0.285 e. The van der Waals surface area contributed by atoms with Gasteiger partial charge in [0.25, 0.3) is 11.8 Å². The molecule has 0 spiro atoms. The van der Waals surface area contributed by atoms with E-state index in [4.69, 9.17) is 9.57 Å². The van der Waals surface area contributed by atoms with E-state index in [1.54, 1.807) is 24.3 Å². The summed E-state index contributed by atoms with van der Waals surface area (Å²) in [5.41, 5.74) is 2.40. The Balaban J connectivity index is 1.16. The minimum absolute atomic E-state index is 0.1000. The molecule has 7 nitrogen and oxygen atoms in total. The quantitative estimate of drug-likeness (QED) is 0.323. The number of amides is 3. The molecular formula is C27H26N2O5. The molecular weight excluding hydrogens is 432 g/mol. The number of ether oxygens (including phenoxy) is 1. The van der Waals surface area contributed by atoms with Crippen molar-refractivity contribution in [3.05, 3.63) is 95.6 Å². The van der Waals surface area contributed by atoms with Gasteiger partial charge in [-0.15, -0.1) is 5.06 Å². The first-order chi connectivity index (χ1) is 16.6. The van der Waals surface area contributed by atoms with Crippen molar-refractivity contribution in [3.63, 3.8) is 0 Å². The fraction of sp³-hybridized carbons (Fsp3) is 0.222. The summed E-state index contributed by atoms with van der Waals surface area (Å²) in [6, 6.07) is 23.8. The summed E-state index contributed by atoms with van der Waals surface area (Å²) < 4.78 is 5.88. The number of hydroxylamine groups is 2. The second-order valence-electron chi connectivity index (χ2n) is 7.91. The third-order valence-electron chi connectivity index (χ3n) is 5.42. The fourth-order valence-electron chi connectivity index (χ4n) is 3.65. The molecule has 0 aliphatic carbocycles. The number of hydrogen-bond acceptors (Lipinski definition) is 5. The van der Waals surface area contributed by atoms with Crippen molar-refractivity contribution in [2.45, 2.75) is 32.3 Å². The predicted molar refractivity (Wildman–Crippen MR) is 127 cm³/mol. The highest BCUT2D eigenvalue weighted by atomic mass is 16.7. The SMILES string of the molecule is O=C(CCCCCON1C(=O)c2ccccc2C1=O)Nc1ccccc1OCc1ccccc1. The average Bonchev–Trinajstić information content (AvgIpc) is 3.11. The van der Waals surface area contributed by atoms with Gasteiger partial charge in [0.15, 0.2) is 0 Å². The number of benzene rings is 3. The molecule has 174 valence electrons.